The number of nitrogens with two attached hydrogens (primary N) is 1. The molecule has 0 radical (unpaired) electrons. The predicted molar refractivity (Wildman–Crippen MR) is 587 cm³/mol. The number of benzene rings is 10. The summed E-state index contributed by atoms with van der Waals surface area (Å²) >= 11 is 6.34. The normalized spacial score (nSPS) is 10.7. The number of alkyl carbamates (subject to hydrolysis) is 4. The monoisotopic (exact) mass is 2520 g/mol. The molecule has 10 rings (SSSR count). The molecule has 0 saturated carbocycles. The Bertz CT molecular complexity index is 5120. The predicted octanol–water partition coefficient (Wildman–Crippen LogP) is 22.5. The molecule has 0 aliphatic heterocycles. The van der Waals surface area contributed by atoms with Crippen molar-refractivity contribution < 1.29 is 115 Å². The summed E-state index contributed by atoms with van der Waals surface area (Å²) in [6.07, 6.45) is 2.13. The molecular formula is C102H136BCl2I4N5O24Sn. The minimum atomic E-state index is -2.46. The van der Waals surface area contributed by atoms with Crippen molar-refractivity contribution in [2.45, 2.75) is 160 Å². The van der Waals surface area contributed by atoms with Gasteiger partial charge in [0.15, 0.2) is 20.4 Å². The molecule has 10 aromatic carbocycles. The molecule has 0 aliphatic rings. The Morgan fingerprint density at radius 2 is 0.619 bits per heavy atom. The van der Waals surface area contributed by atoms with E-state index in [-0.39, 0.29) is 77.0 Å². The molecule has 37 heteroatoms. The van der Waals surface area contributed by atoms with E-state index in [1.807, 2.05) is 223 Å². The Hall–Kier alpha value is -8.64. The fourth-order valence-electron chi connectivity index (χ4n) is 11.2. The van der Waals surface area contributed by atoms with Gasteiger partial charge in [-0.2, -0.15) is 0 Å². The maximum atomic E-state index is 11.9. The van der Waals surface area contributed by atoms with Crippen LogP contribution in [0.5, 0.6) is 80.5 Å². The Balaban J connectivity index is 0.000000573. The van der Waals surface area contributed by atoms with Gasteiger partial charge in [-0.3, -0.25) is 0 Å². The number of rotatable bonds is 36. The summed E-state index contributed by atoms with van der Waals surface area (Å²) in [6, 6.07) is 65.1. The molecule has 0 atom stereocenters. The minimum absolute atomic E-state index is 0. The third kappa shape index (κ3) is 55.0. The van der Waals surface area contributed by atoms with Crippen LogP contribution >= 0.6 is 115 Å². The SMILES string of the molecule is C.CC(C)(C)OC(=O)NCCc1ccc(O)c(I)c1.COCOc1ccc(B(O)O)cc1.COCOc1ccc(Oc2ccc(CCNC(=O)OC(C)(C)C)c[c]2[Sn]([CH3])([CH3])[CH3])cc1.COCOc1ccc(Oc2ccc(CCNC(=O)OC(C)(C)C)cc2I)cc1.COCOc1ccc(Oc2ccc(CCNC(=O)OC(C)(C)C)cc2[125I])cc1.Cl.Cl.NCCc1ccc(Oc2ccc(O)cc2)c([125I])c1. The van der Waals surface area contributed by atoms with Crippen molar-refractivity contribution in [1.82, 2.24) is 21.3 Å². The molecule has 0 aromatic heterocycles. The second-order valence-corrected chi connectivity index (χ2v) is 53.9. The number of methoxy groups -OCH3 is 4. The molecule has 4 amide bonds. The largest absolute Gasteiger partial charge is 0.508 e. The fraction of sp³-hybridized carbons (Fsp3) is 0.373. The topological polar surface area (TPSA) is 371 Å². The number of hydrogen-bond acceptors (Lipinski definition) is 25. The van der Waals surface area contributed by atoms with Gasteiger partial charge in [-0.1, -0.05) is 43.8 Å². The third-order valence-corrected chi connectivity index (χ3v) is 26.5. The standard InChI is InChI=1S/2C21H26INO5.C21H26NO5.C14H14INO2.C13H18INO3.C8H11BO4.CH4.3CH3.2ClH.Sn/c2*1-21(2,3)28-20(24)23-12-11-15-5-10-19(18(22)13-15)27-17-8-6-16(7-9-17)26-14-25-4;1-21(2,3)27-20(23)22-14-13-16-5-7-18(8-6-16)26-19-11-9-17(10-12-19)25-15-24-4;15-13-9-10(7-8-16)1-6-14(13)18-12-4-2-11(17)3-5-12;1-13(2,3)18-12(17)15-7-6-9-4-5-11(16)10(14)8-9;1-12-6-13-8-4-2-7(3-5-8)9(10)11;;;;;;;/h2*5-10,13H,11-12,14H2,1-4H3,(H,23,24);5-7,9-12H,13-15H2,1-4H3,(H,22,23);1-6,9,17H,7-8,16H2;4-5,8,16H,6-7H2,1-3H3,(H,15,17);2-5,10-11H,6H2,1H3;1H4;3*1H3;2*1H;/i22-2;;;15-2;;;;;;;;;. The summed E-state index contributed by atoms with van der Waals surface area (Å²) in [5.74, 6) is 9.48. The number of ether oxygens (including phenoxy) is 16. The molecule has 0 unspecified atom stereocenters. The van der Waals surface area contributed by atoms with Crippen molar-refractivity contribution in [3.8, 4) is 80.5 Å². The van der Waals surface area contributed by atoms with Crippen LogP contribution in [0.4, 0.5) is 19.2 Å². The molecule has 139 heavy (non-hydrogen) atoms. The van der Waals surface area contributed by atoms with Gasteiger partial charge in [-0.05, 0) is 346 Å². The van der Waals surface area contributed by atoms with Crippen LogP contribution in [0, 0.1) is 14.3 Å². The van der Waals surface area contributed by atoms with Crippen molar-refractivity contribution in [1.29, 1.82) is 0 Å². The van der Waals surface area contributed by atoms with Gasteiger partial charge in [-0.15, -0.1) is 24.8 Å². The number of nitrogens with one attached hydrogen (secondary N) is 4. The number of carbonyl (C=O) groups is 4. The summed E-state index contributed by atoms with van der Waals surface area (Å²) in [5.41, 5.74) is 9.67. The Morgan fingerprint density at radius 1 is 0.360 bits per heavy atom. The van der Waals surface area contributed by atoms with E-state index in [9.17, 15) is 29.4 Å². The van der Waals surface area contributed by atoms with Crippen LogP contribution in [0.25, 0.3) is 0 Å². The van der Waals surface area contributed by atoms with E-state index < -0.39 is 66.2 Å². The average molecular weight is 2520 g/mol. The number of halogens is 6. The number of amides is 4. The van der Waals surface area contributed by atoms with E-state index >= 15 is 0 Å². The second-order valence-electron chi connectivity index (χ2n) is 34.9. The maximum Gasteiger partial charge on any atom is 0.407 e. The number of aromatic hydroxyl groups is 2. The molecule has 10 N–H and O–H groups in total. The van der Waals surface area contributed by atoms with E-state index in [1.54, 1.807) is 75.9 Å². The van der Waals surface area contributed by atoms with Crippen LogP contribution in [0.1, 0.15) is 118 Å². The first kappa shape index (κ1) is 126. The van der Waals surface area contributed by atoms with Gasteiger partial charge in [0.2, 0.25) is 0 Å². The molecular weight excluding hydrogens is 2380 g/mol. The van der Waals surface area contributed by atoms with Gasteiger partial charge in [0.05, 0.1) is 14.3 Å². The molecule has 0 spiro atoms. The summed E-state index contributed by atoms with van der Waals surface area (Å²) < 4.78 is 90.5. The van der Waals surface area contributed by atoms with Gasteiger partial charge < -0.3 is 98.8 Å². The smallest absolute Gasteiger partial charge is 0.407 e. The molecule has 0 heterocycles. The summed E-state index contributed by atoms with van der Waals surface area (Å²) in [7, 11) is 4.85. The van der Waals surface area contributed by atoms with Crippen molar-refractivity contribution in [3.05, 3.63) is 254 Å². The number of hydrogen-bond donors (Lipinski definition) is 9. The second kappa shape index (κ2) is 65.5. The molecule has 762 valence electrons. The van der Waals surface area contributed by atoms with Crippen LogP contribution in [0.2, 0.25) is 14.8 Å². The van der Waals surface area contributed by atoms with Crippen LogP contribution in [-0.2, 0) is 70.0 Å². The molecule has 0 aliphatic carbocycles. The van der Waals surface area contributed by atoms with Crippen LogP contribution in [0.3, 0.4) is 0 Å². The van der Waals surface area contributed by atoms with E-state index in [2.05, 4.69) is 145 Å². The van der Waals surface area contributed by atoms with Crippen molar-refractivity contribution in [2.24, 2.45) is 5.73 Å². The van der Waals surface area contributed by atoms with Crippen molar-refractivity contribution in [3.63, 3.8) is 0 Å². The third-order valence-electron chi connectivity index (χ3n) is 17.4. The fourth-order valence-corrected chi connectivity index (χ4v) is 18.1. The van der Waals surface area contributed by atoms with Gasteiger partial charge in [-0.25, -0.2) is 14.4 Å². The molecule has 0 bridgehead atoms. The van der Waals surface area contributed by atoms with Gasteiger partial charge in [0.1, 0.15) is 80.0 Å². The first-order valence-corrected chi connectivity index (χ1v) is 57.8. The van der Waals surface area contributed by atoms with Crippen LogP contribution in [0.15, 0.2) is 212 Å². The Kier molecular flexibility index (Phi) is 59.6. The summed E-state index contributed by atoms with van der Waals surface area (Å²) in [4.78, 5) is 53.7. The van der Waals surface area contributed by atoms with E-state index in [0.717, 1.165) is 101 Å². The van der Waals surface area contributed by atoms with Gasteiger partial charge >= 0.3 is 216 Å². The Labute approximate surface area is 890 Å². The quantitative estimate of drug-likeness (QED) is 0.00762. The number of phenolic OH excluding ortho intramolecular Hbond substituents is 2. The Morgan fingerprint density at radius 3 is 0.906 bits per heavy atom. The summed E-state index contributed by atoms with van der Waals surface area (Å²) in [5, 5.41) is 47.2. The van der Waals surface area contributed by atoms with E-state index in [4.69, 9.17) is 91.6 Å². The zero-order valence-corrected chi connectivity index (χ0v) is 94.7. The average Bonchev–Trinajstić information content (AvgIpc) is 0.807. The summed E-state index contributed by atoms with van der Waals surface area (Å²) in [6.45, 7) is 25.6. The first-order chi connectivity index (χ1) is 64.2. The van der Waals surface area contributed by atoms with E-state index in [1.165, 1.54) is 21.8 Å². The number of carbonyl (C=O) groups excluding carboxylic acids is 4. The van der Waals surface area contributed by atoms with Crippen LogP contribution in [-0.4, -0.2) is 181 Å². The maximum absolute atomic E-state index is 11.9. The first-order valence-electron chi connectivity index (χ1n) is 43.5. The molecule has 0 saturated heterocycles. The van der Waals surface area contributed by atoms with Crippen molar-refractivity contribution >= 4 is 174 Å². The van der Waals surface area contributed by atoms with Gasteiger partial charge in [0, 0.05) is 41.0 Å². The number of phenols is 2. The minimum Gasteiger partial charge on any atom is -0.508 e. The van der Waals surface area contributed by atoms with Crippen molar-refractivity contribution in [2.75, 3.05) is 88.3 Å². The molecule has 0 fully saturated rings. The van der Waals surface area contributed by atoms with Crippen LogP contribution < -0.4 is 73.9 Å². The molecule has 10 aromatic rings. The zero-order chi connectivity index (χ0) is 101. The van der Waals surface area contributed by atoms with Gasteiger partial charge in [0.25, 0.3) is 0 Å². The molecule has 29 nitrogen and oxygen atoms in total. The van der Waals surface area contributed by atoms with E-state index in [0.29, 0.717) is 68.9 Å². The zero-order valence-electron chi connectivity index (χ0n) is 81.5.